The van der Waals surface area contributed by atoms with Crippen LogP contribution >= 0.6 is 23.2 Å². The number of carbonyl (C=O) groups excluding carboxylic acids is 1. The van der Waals surface area contributed by atoms with Crippen LogP contribution < -0.4 is 16.4 Å². The molecule has 1 saturated carbocycles. The Kier molecular flexibility index (Phi) is 7.00. The van der Waals surface area contributed by atoms with Gasteiger partial charge in [0.25, 0.3) is 0 Å². The maximum absolute atomic E-state index is 11.7. The molecule has 1 aliphatic carbocycles. The summed E-state index contributed by atoms with van der Waals surface area (Å²) in [5, 5.41) is 7.96. The SMILES string of the molecule is Cc1cc(Cl)cc(Cl)c1Nc1nc2cnc(NC3CCOCC3)nc2n1C1CCC(C(N)=O)CC1. The Labute approximate surface area is 213 Å². The van der Waals surface area contributed by atoms with Crippen LogP contribution in [0.3, 0.4) is 0 Å². The number of nitrogens with one attached hydrogen (secondary N) is 2. The van der Waals surface area contributed by atoms with Gasteiger partial charge in [0.15, 0.2) is 5.65 Å². The fourth-order valence-corrected chi connectivity index (χ4v) is 5.65. The molecule has 3 aromatic rings. The maximum Gasteiger partial charge on any atom is 0.224 e. The van der Waals surface area contributed by atoms with Gasteiger partial charge >= 0.3 is 0 Å². The van der Waals surface area contributed by atoms with E-state index in [0.29, 0.717) is 27.5 Å². The molecule has 186 valence electrons. The van der Waals surface area contributed by atoms with Crippen molar-refractivity contribution in [3.8, 4) is 0 Å². The molecule has 1 aliphatic heterocycles. The second-order valence-electron chi connectivity index (χ2n) is 9.35. The van der Waals surface area contributed by atoms with E-state index >= 15 is 0 Å². The predicted molar refractivity (Wildman–Crippen MR) is 137 cm³/mol. The predicted octanol–water partition coefficient (Wildman–Crippen LogP) is 4.99. The van der Waals surface area contributed by atoms with E-state index in [2.05, 4.69) is 20.2 Å². The molecule has 2 aromatic heterocycles. The maximum atomic E-state index is 11.7. The molecular formula is C24H29Cl2N7O2. The molecule has 5 rings (SSSR count). The number of benzene rings is 1. The van der Waals surface area contributed by atoms with Crippen molar-refractivity contribution >= 4 is 57.9 Å². The molecule has 0 radical (unpaired) electrons. The average molecular weight is 518 g/mol. The first kappa shape index (κ1) is 24.1. The third-order valence-electron chi connectivity index (χ3n) is 6.94. The molecule has 2 fully saturated rings. The normalized spacial score (nSPS) is 21.2. The number of hydrogen-bond donors (Lipinski definition) is 3. The molecule has 0 unspecified atom stereocenters. The first-order chi connectivity index (χ1) is 16.9. The molecular weight excluding hydrogens is 489 g/mol. The minimum Gasteiger partial charge on any atom is -0.381 e. The lowest BCUT2D eigenvalue weighted by atomic mass is 9.85. The number of carbonyl (C=O) groups is 1. The standard InChI is InChI=1S/C24H29Cl2N7O2/c1-13-10-15(25)11-18(26)20(13)31-24-30-19-12-28-23(29-16-6-8-35-9-7-16)32-22(19)33(24)17-4-2-14(3-5-17)21(27)34/h10-12,14,16-17H,2-9H2,1H3,(H2,27,34)(H,30,31)(H,28,29,32). The van der Waals surface area contributed by atoms with Gasteiger partial charge in [-0.15, -0.1) is 0 Å². The summed E-state index contributed by atoms with van der Waals surface area (Å²) < 4.78 is 7.58. The fourth-order valence-electron chi connectivity index (χ4n) is 5.01. The lowest BCUT2D eigenvalue weighted by Gasteiger charge is -2.29. The number of aryl methyl sites for hydroxylation is 1. The van der Waals surface area contributed by atoms with Crippen molar-refractivity contribution in [1.82, 2.24) is 19.5 Å². The van der Waals surface area contributed by atoms with Gasteiger partial charge in [-0.1, -0.05) is 23.2 Å². The van der Waals surface area contributed by atoms with E-state index in [1.807, 2.05) is 13.0 Å². The number of primary amides is 1. The van der Waals surface area contributed by atoms with Crippen LogP contribution in [0.1, 0.15) is 50.1 Å². The minimum absolute atomic E-state index is 0.0919. The number of amides is 1. The zero-order chi connectivity index (χ0) is 24.5. The summed E-state index contributed by atoms with van der Waals surface area (Å²) in [6.07, 6.45) is 6.65. The lowest BCUT2D eigenvalue weighted by Crippen LogP contribution is -2.29. The third-order valence-corrected chi connectivity index (χ3v) is 7.46. The van der Waals surface area contributed by atoms with Crippen molar-refractivity contribution in [2.75, 3.05) is 23.8 Å². The zero-order valence-corrected chi connectivity index (χ0v) is 21.1. The fraction of sp³-hybridized carbons (Fsp3) is 0.500. The van der Waals surface area contributed by atoms with Gasteiger partial charge in [0, 0.05) is 36.2 Å². The number of nitrogens with two attached hydrogens (primary N) is 1. The molecule has 11 heteroatoms. The summed E-state index contributed by atoms with van der Waals surface area (Å²) in [5.41, 5.74) is 8.65. The third kappa shape index (κ3) is 5.17. The van der Waals surface area contributed by atoms with Gasteiger partial charge in [0.05, 0.1) is 16.9 Å². The van der Waals surface area contributed by atoms with Gasteiger partial charge in [-0.3, -0.25) is 9.36 Å². The molecule has 0 atom stereocenters. The molecule has 1 amide bonds. The van der Waals surface area contributed by atoms with E-state index in [1.165, 1.54) is 0 Å². The van der Waals surface area contributed by atoms with Gasteiger partial charge in [0.2, 0.25) is 17.8 Å². The van der Waals surface area contributed by atoms with E-state index in [0.717, 1.165) is 68.6 Å². The smallest absolute Gasteiger partial charge is 0.224 e. The Balaban J connectivity index is 1.52. The molecule has 0 spiro atoms. The Morgan fingerprint density at radius 3 is 2.54 bits per heavy atom. The second-order valence-corrected chi connectivity index (χ2v) is 10.2. The second kappa shape index (κ2) is 10.2. The Morgan fingerprint density at radius 2 is 1.86 bits per heavy atom. The van der Waals surface area contributed by atoms with Crippen molar-refractivity contribution in [3.05, 3.63) is 33.9 Å². The first-order valence-electron chi connectivity index (χ1n) is 12.0. The van der Waals surface area contributed by atoms with E-state index in [4.69, 9.17) is 43.6 Å². The molecule has 9 nitrogen and oxygen atoms in total. The Morgan fingerprint density at radius 1 is 1.11 bits per heavy atom. The van der Waals surface area contributed by atoms with Crippen molar-refractivity contribution < 1.29 is 9.53 Å². The largest absolute Gasteiger partial charge is 0.381 e. The number of fused-ring (bicyclic) bond motifs is 1. The van der Waals surface area contributed by atoms with Crippen LogP contribution in [0.4, 0.5) is 17.6 Å². The minimum atomic E-state index is -0.230. The highest BCUT2D eigenvalue weighted by atomic mass is 35.5. The summed E-state index contributed by atoms with van der Waals surface area (Å²) in [6, 6.07) is 3.95. The molecule has 4 N–H and O–H groups in total. The van der Waals surface area contributed by atoms with Gasteiger partial charge < -0.3 is 21.1 Å². The number of imidazole rings is 1. The van der Waals surface area contributed by atoms with Gasteiger partial charge in [-0.2, -0.15) is 4.98 Å². The van der Waals surface area contributed by atoms with Gasteiger partial charge in [-0.05, 0) is 63.1 Å². The molecule has 1 saturated heterocycles. The number of rotatable bonds is 6. The number of nitrogens with zero attached hydrogens (tertiary/aromatic N) is 4. The average Bonchev–Trinajstić information content (AvgIpc) is 3.19. The summed E-state index contributed by atoms with van der Waals surface area (Å²) in [6.45, 7) is 3.41. The Hall–Kier alpha value is -2.62. The monoisotopic (exact) mass is 517 g/mol. The van der Waals surface area contributed by atoms with Crippen LogP contribution in [-0.4, -0.2) is 44.7 Å². The number of aromatic nitrogens is 4. The van der Waals surface area contributed by atoms with Crippen LogP contribution in [0.5, 0.6) is 0 Å². The van der Waals surface area contributed by atoms with Crippen molar-refractivity contribution in [3.63, 3.8) is 0 Å². The number of halogens is 2. The van der Waals surface area contributed by atoms with Crippen molar-refractivity contribution in [2.45, 2.75) is 57.5 Å². The quantitative estimate of drug-likeness (QED) is 0.420. The summed E-state index contributed by atoms with van der Waals surface area (Å²) in [7, 11) is 0. The highest BCUT2D eigenvalue weighted by molar-refractivity contribution is 6.36. The van der Waals surface area contributed by atoms with E-state index in [9.17, 15) is 4.79 Å². The van der Waals surface area contributed by atoms with E-state index < -0.39 is 0 Å². The summed E-state index contributed by atoms with van der Waals surface area (Å²) in [4.78, 5) is 25.9. The highest BCUT2D eigenvalue weighted by Gasteiger charge is 2.29. The summed E-state index contributed by atoms with van der Waals surface area (Å²) >= 11 is 12.7. The van der Waals surface area contributed by atoms with Crippen molar-refractivity contribution in [1.29, 1.82) is 0 Å². The highest BCUT2D eigenvalue weighted by Crippen LogP contribution is 2.38. The van der Waals surface area contributed by atoms with Crippen LogP contribution in [-0.2, 0) is 9.53 Å². The molecule has 35 heavy (non-hydrogen) atoms. The topological polar surface area (TPSA) is 120 Å². The van der Waals surface area contributed by atoms with Gasteiger partial charge in [0.1, 0.15) is 5.52 Å². The van der Waals surface area contributed by atoms with Crippen LogP contribution in [0.2, 0.25) is 10.0 Å². The molecule has 2 aliphatic rings. The molecule has 3 heterocycles. The number of anilines is 3. The molecule has 1 aromatic carbocycles. The lowest BCUT2D eigenvalue weighted by molar-refractivity contribution is -0.122. The van der Waals surface area contributed by atoms with Crippen LogP contribution in [0, 0.1) is 12.8 Å². The van der Waals surface area contributed by atoms with Gasteiger partial charge in [-0.25, -0.2) is 9.97 Å². The van der Waals surface area contributed by atoms with E-state index in [1.54, 1.807) is 12.3 Å². The number of ether oxygens (including phenoxy) is 1. The molecule has 0 bridgehead atoms. The van der Waals surface area contributed by atoms with Crippen LogP contribution in [0.15, 0.2) is 18.3 Å². The zero-order valence-electron chi connectivity index (χ0n) is 19.6. The van der Waals surface area contributed by atoms with E-state index in [-0.39, 0.29) is 23.9 Å². The van der Waals surface area contributed by atoms with Crippen LogP contribution in [0.25, 0.3) is 11.2 Å². The summed E-state index contributed by atoms with van der Waals surface area (Å²) in [5.74, 6) is 0.882. The first-order valence-corrected chi connectivity index (χ1v) is 12.8. The number of hydrogen-bond acceptors (Lipinski definition) is 7. The van der Waals surface area contributed by atoms with Crippen molar-refractivity contribution in [2.24, 2.45) is 11.7 Å². The Bertz CT molecular complexity index is 1210.